The van der Waals surface area contributed by atoms with E-state index in [0.717, 1.165) is 34.9 Å². The number of hydrogen-bond acceptors (Lipinski definition) is 3. The topological polar surface area (TPSA) is 63.3 Å². The molecular formula is C19H24N4O2. The molecule has 2 heterocycles. The van der Waals surface area contributed by atoms with Gasteiger partial charge in [-0.1, -0.05) is 12.1 Å². The highest BCUT2D eigenvalue weighted by Gasteiger charge is 2.18. The maximum Gasteiger partial charge on any atom is 0.318 e. The molecule has 3 aromatic rings. The predicted octanol–water partition coefficient (Wildman–Crippen LogP) is 3.86. The summed E-state index contributed by atoms with van der Waals surface area (Å²) in [5, 5.41) is 2.96. The van der Waals surface area contributed by atoms with Gasteiger partial charge in [-0.25, -0.2) is 9.78 Å². The van der Waals surface area contributed by atoms with Crippen molar-refractivity contribution in [2.75, 3.05) is 7.05 Å². The predicted molar refractivity (Wildman–Crippen MR) is 97.3 cm³/mol. The molecule has 6 heteroatoms. The van der Waals surface area contributed by atoms with E-state index in [9.17, 15) is 4.79 Å². The second kappa shape index (κ2) is 7.01. The fourth-order valence-electron chi connectivity index (χ4n) is 2.94. The summed E-state index contributed by atoms with van der Waals surface area (Å²) in [5.74, 6) is 2.46. The Balaban J connectivity index is 1.71. The smallest absolute Gasteiger partial charge is 0.318 e. The number of nitrogens with one attached hydrogen (secondary N) is 1. The van der Waals surface area contributed by atoms with Crippen LogP contribution >= 0.6 is 0 Å². The Morgan fingerprint density at radius 3 is 2.76 bits per heavy atom. The van der Waals surface area contributed by atoms with Gasteiger partial charge in [0.2, 0.25) is 0 Å². The first-order valence-electron chi connectivity index (χ1n) is 8.51. The summed E-state index contributed by atoms with van der Waals surface area (Å²) in [7, 11) is 1.77. The number of benzene rings is 1. The molecule has 25 heavy (non-hydrogen) atoms. The third-order valence-electron chi connectivity index (χ3n) is 4.30. The normalized spacial score (nSPS) is 12.3. The highest BCUT2D eigenvalue weighted by molar-refractivity contribution is 5.77. The maximum atomic E-state index is 12.5. The van der Waals surface area contributed by atoms with Crippen molar-refractivity contribution >= 4 is 17.1 Å². The average molecular weight is 340 g/mol. The minimum absolute atomic E-state index is 0.156. The lowest BCUT2D eigenvalue weighted by molar-refractivity contribution is 0.200. The largest absolute Gasteiger partial charge is 0.464 e. The van der Waals surface area contributed by atoms with Crippen LogP contribution in [0.2, 0.25) is 0 Å². The number of aromatic nitrogens is 2. The summed E-state index contributed by atoms with van der Waals surface area (Å²) in [6.07, 6.45) is 0. The van der Waals surface area contributed by atoms with Crippen LogP contribution in [0.5, 0.6) is 0 Å². The van der Waals surface area contributed by atoms with Gasteiger partial charge in [0.15, 0.2) is 0 Å². The van der Waals surface area contributed by atoms with Crippen LogP contribution in [0.1, 0.15) is 37.2 Å². The molecule has 0 radical (unpaired) electrons. The van der Waals surface area contributed by atoms with Gasteiger partial charge in [-0.05, 0) is 45.0 Å². The Bertz CT molecular complexity index is 881. The van der Waals surface area contributed by atoms with Gasteiger partial charge in [-0.15, -0.1) is 0 Å². The molecular weight excluding hydrogens is 316 g/mol. The summed E-state index contributed by atoms with van der Waals surface area (Å²) in [4.78, 5) is 18.8. The Labute approximate surface area is 147 Å². The number of carbonyl (C=O) groups is 1. The van der Waals surface area contributed by atoms with Gasteiger partial charge in [-0.3, -0.25) is 0 Å². The fourth-order valence-corrected chi connectivity index (χ4v) is 2.94. The van der Waals surface area contributed by atoms with Crippen molar-refractivity contribution in [3.8, 4) is 0 Å². The number of carbonyl (C=O) groups excluding carboxylic acids is 1. The minimum atomic E-state index is -0.186. The number of hydrogen-bond donors (Lipinski definition) is 1. The molecule has 0 aliphatic carbocycles. The quantitative estimate of drug-likeness (QED) is 0.767. The molecule has 1 aromatic carbocycles. The highest BCUT2D eigenvalue weighted by atomic mass is 16.3. The second-order valence-corrected chi connectivity index (χ2v) is 6.24. The summed E-state index contributed by atoms with van der Waals surface area (Å²) < 4.78 is 7.71. The van der Waals surface area contributed by atoms with E-state index < -0.39 is 0 Å². The van der Waals surface area contributed by atoms with Crippen LogP contribution in [0.15, 0.2) is 40.8 Å². The van der Waals surface area contributed by atoms with E-state index in [1.165, 1.54) is 0 Å². The number of rotatable bonds is 5. The lowest BCUT2D eigenvalue weighted by atomic mass is 10.2. The van der Waals surface area contributed by atoms with Crippen LogP contribution in [-0.4, -0.2) is 27.5 Å². The number of amides is 2. The number of nitrogens with zero attached hydrogens (tertiary/aromatic N) is 3. The van der Waals surface area contributed by atoms with Crippen molar-refractivity contribution in [1.29, 1.82) is 0 Å². The SMILES string of the molecule is CCn1c(CN(C)C(=O)N[C@@H](C)c2ccc(C)o2)nc2ccccc21. The summed E-state index contributed by atoms with van der Waals surface area (Å²) in [5.41, 5.74) is 2.04. The lowest BCUT2D eigenvalue weighted by Gasteiger charge is -2.20. The third-order valence-corrected chi connectivity index (χ3v) is 4.30. The van der Waals surface area contributed by atoms with Gasteiger partial charge < -0.3 is 19.2 Å². The molecule has 0 unspecified atom stereocenters. The van der Waals surface area contributed by atoms with Crippen molar-refractivity contribution in [2.45, 2.75) is 39.9 Å². The van der Waals surface area contributed by atoms with Crippen LogP contribution in [0.4, 0.5) is 4.79 Å². The van der Waals surface area contributed by atoms with Crippen LogP contribution in [0.25, 0.3) is 11.0 Å². The molecule has 0 aliphatic heterocycles. The molecule has 0 spiro atoms. The van der Waals surface area contributed by atoms with Gasteiger partial charge in [0.25, 0.3) is 0 Å². The van der Waals surface area contributed by atoms with E-state index in [2.05, 4.69) is 27.9 Å². The third kappa shape index (κ3) is 3.52. The van der Waals surface area contributed by atoms with E-state index in [1.807, 2.05) is 44.2 Å². The molecule has 3 rings (SSSR count). The standard InChI is InChI=1S/C19H24N4O2/c1-5-23-16-9-7-6-8-15(16)21-18(23)12-22(4)19(24)20-14(3)17-11-10-13(2)25-17/h6-11,14H,5,12H2,1-4H3,(H,20,24)/t14-/m0/s1. The van der Waals surface area contributed by atoms with Crippen LogP contribution < -0.4 is 5.32 Å². The summed E-state index contributed by atoms with van der Waals surface area (Å²) >= 11 is 0. The minimum Gasteiger partial charge on any atom is -0.464 e. The van der Waals surface area contributed by atoms with Crippen molar-refractivity contribution in [2.24, 2.45) is 0 Å². The summed E-state index contributed by atoms with van der Waals surface area (Å²) in [6, 6.07) is 11.5. The number of urea groups is 1. The monoisotopic (exact) mass is 340 g/mol. The molecule has 132 valence electrons. The first-order valence-corrected chi connectivity index (χ1v) is 8.51. The number of aryl methyl sites for hydroxylation is 2. The second-order valence-electron chi connectivity index (χ2n) is 6.24. The number of para-hydroxylation sites is 2. The first kappa shape index (κ1) is 17.1. The van der Waals surface area contributed by atoms with Crippen LogP contribution in [0, 0.1) is 6.92 Å². The molecule has 0 saturated heterocycles. The van der Waals surface area contributed by atoms with E-state index in [-0.39, 0.29) is 12.1 Å². The molecule has 0 bridgehead atoms. The zero-order chi connectivity index (χ0) is 18.0. The molecule has 0 fully saturated rings. The molecule has 1 atom stereocenters. The van der Waals surface area contributed by atoms with Crippen molar-refractivity contribution < 1.29 is 9.21 Å². The first-order chi connectivity index (χ1) is 12.0. The van der Waals surface area contributed by atoms with Gasteiger partial charge in [0.05, 0.1) is 23.6 Å². The molecule has 2 aromatic heterocycles. The Morgan fingerprint density at radius 1 is 1.32 bits per heavy atom. The van der Waals surface area contributed by atoms with Crippen LogP contribution in [-0.2, 0) is 13.1 Å². The van der Waals surface area contributed by atoms with Crippen molar-refractivity contribution in [3.05, 3.63) is 53.7 Å². The Kier molecular flexibility index (Phi) is 4.79. The molecule has 2 amide bonds. The van der Waals surface area contributed by atoms with Crippen molar-refractivity contribution in [3.63, 3.8) is 0 Å². The maximum absolute atomic E-state index is 12.5. The Morgan fingerprint density at radius 2 is 2.08 bits per heavy atom. The van der Waals surface area contributed by atoms with E-state index >= 15 is 0 Å². The number of fused-ring (bicyclic) bond motifs is 1. The van der Waals surface area contributed by atoms with Gasteiger partial charge in [0, 0.05) is 13.6 Å². The molecule has 0 saturated carbocycles. The zero-order valence-corrected chi connectivity index (χ0v) is 15.1. The van der Waals surface area contributed by atoms with E-state index in [1.54, 1.807) is 11.9 Å². The van der Waals surface area contributed by atoms with E-state index in [4.69, 9.17) is 4.42 Å². The Hall–Kier alpha value is -2.76. The van der Waals surface area contributed by atoms with Gasteiger partial charge in [0.1, 0.15) is 17.3 Å². The lowest BCUT2D eigenvalue weighted by Crippen LogP contribution is -2.38. The van der Waals surface area contributed by atoms with Crippen LogP contribution in [0.3, 0.4) is 0 Å². The zero-order valence-electron chi connectivity index (χ0n) is 15.1. The highest BCUT2D eigenvalue weighted by Crippen LogP contribution is 2.18. The molecule has 0 aliphatic rings. The molecule has 6 nitrogen and oxygen atoms in total. The van der Waals surface area contributed by atoms with Crippen molar-refractivity contribution in [1.82, 2.24) is 19.8 Å². The molecule has 1 N–H and O–H groups in total. The summed E-state index contributed by atoms with van der Waals surface area (Å²) in [6.45, 7) is 7.13. The van der Waals surface area contributed by atoms with E-state index in [0.29, 0.717) is 6.54 Å². The van der Waals surface area contributed by atoms with Gasteiger partial charge in [-0.2, -0.15) is 0 Å². The number of imidazole rings is 1. The number of furan rings is 1. The van der Waals surface area contributed by atoms with Gasteiger partial charge >= 0.3 is 6.03 Å². The average Bonchev–Trinajstić information content (AvgIpc) is 3.17. The fraction of sp³-hybridized carbons (Fsp3) is 0.368.